The first-order valence-electron chi connectivity index (χ1n) is 10.3. The molecule has 0 bridgehead atoms. The van der Waals surface area contributed by atoms with Crippen LogP contribution in [0, 0.1) is 0 Å². The van der Waals surface area contributed by atoms with Gasteiger partial charge in [0.15, 0.2) is 11.5 Å². The molecule has 3 N–H and O–H groups in total. The average Bonchev–Trinajstić information content (AvgIpc) is 3.54. The van der Waals surface area contributed by atoms with E-state index in [-0.39, 0.29) is 0 Å². The van der Waals surface area contributed by atoms with Gasteiger partial charge in [-0.2, -0.15) is 0 Å². The quantitative estimate of drug-likeness (QED) is 0.441. The van der Waals surface area contributed by atoms with Gasteiger partial charge in [-0.15, -0.1) is 10.2 Å². The van der Waals surface area contributed by atoms with Gasteiger partial charge in [0.1, 0.15) is 0 Å². The summed E-state index contributed by atoms with van der Waals surface area (Å²) < 4.78 is 1.94. The summed E-state index contributed by atoms with van der Waals surface area (Å²) >= 11 is 0. The largest absolute Gasteiger partial charge is 0.342 e. The Morgan fingerprint density at radius 1 is 0.906 bits per heavy atom. The Labute approximate surface area is 183 Å². The number of H-pyrrole nitrogens is 1. The summed E-state index contributed by atoms with van der Waals surface area (Å²) in [5, 5.41) is 9.76. The van der Waals surface area contributed by atoms with Crippen molar-refractivity contribution >= 4 is 16.6 Å². The Morgan fingerprint density at radius 2 is 1.75 bits per heavy atom. The zero-order valence-electron chi connectivity index (χ0n) is 17.1. The Morgan fingerprint density at radius 3 is 2.50 bits per heavy atom. The first kappa shape index (κ1) is 18.4. The number of nitrogens with two attached hydrogens (primary N) is 1. The molecule has 0 atom stereocenters. The fourth-order valence-corrected chi connectivity index (χ4v) is 4.00. The highest BCUT2D eigenvalue weighted by Gasteiger charge is 2.17. The smallest absolute Gasteiger partial charge is 0.204 e. The van der Waals surface area contributed by atoms with E-state index >= 15 is 0 Å². The summed E-state index contributed by atoms with van der Waals surface area (Å²) in [4.78, 5) is 12.5. The number of rotatable bonds is 4. The zero-order valence-corrected chi connectivity index (χ0v) is 17.1. The van der Waals surface area contributed by atoms with Crippen molar-refractivity contribution in [3.63, 3.8) is 0 Å². The number of imidazole rings is 1. The molecule has 6 aromatic rings. The Hall–Kier alpha value is -4.36. The monoisotopic (exact) mass is 417 g/mol. The van der Waals surface area contributed by atoms with E-state index in [9.17, 15) is 0 Å². The second-order valence-electron chi connectivity index (χ2n) is 7.56. The zero-order chi connectivity index (χ0) is 21.5. The molecule has 4 aromatic heterocycles. The van der Waals surface area contributed by atoms with E-state index < -0.39 is 0 Å². The fraction of sp³-hybridized carbons (Fsp3) is 0.0400. The van der Waals surface area contributed by atoms with Crippen LogP contribution in [0.5, 0.6) is 0 Å². The number of fused-ring (bicyclic) bond motifs is 3. The normalized spacial score (nSPS) is 11.4. The SMILES string of the molecule is NCc1ccc(-c2nc3ccn4c(-c5ncc[nH]5)nnc4c3cc2-c2ccccc2)cc1. The maximum absolute atomic E-state index is 5.79. The molecule has 0 aliphatic heterocycles. The van der Waals surface area contributed by atoms with Crippen LogP contribution in [0.25, 0.3) is 50.6 Å². The molecule has 0 aliphatic carbocycles. The van der Waals surface area contributed by atoms with E-state index in [1.165, 1.54) is 0 Å². The molecule has 0 unspecified atom stereocenters. The Bertz CT molecular complexity index is 1530. The lowest BCUT2D eigenvalue weighted by atomic mass is 9.97. The number of aromatic nitrogens is 6. The summed E-state index contributed by atoms with van der Waals surface area (Å²) in [6.07, 6.45) is 5.41. The van der Waals surface area contributed by atoms with Gasteiger partial charge in [0.25, 0.3) is 0 Å². The number of benzene rings is 2. The molecule has 0 saturated carbocycles. The van der Waals surface area contributed by atoms with Crippen molar-refractivity contribution in [3.05, 3.63) is 90.9 Å². The van der Waals surface area contributed by atoms with E-state index in [0.717, 1.165) is 44.5 Å². The van der Waals surface area contributed by atoms with Crippen LogP contribution in [0.2, 0.25) is 0 Å². The molecule has 7 nitrogen and oxygen atoms in total. The van der Waals surface area contributed by atoms with Gasteiger partial charge in [-0.1, -0.05) is 54.6 Å². The average molecular weight is 417 g/mol. The number of hydrogen-bond acceptors (Lipinski definition) is 5. The Kier molecular flexibility index (Phi) is 4.26. The summed E-state index contributed by atoms with van der Waals surface area (Å²) in [5.41, 5.74) is 12.6. The molecule has 7 heteroatoms. The lowest BCUT2D eigenvalue weighted by Gasteiger charge is -2.12. The number of hydrogen-bond donors (Lipinski definition) is 2. The molecule has 0 radical (unpaired) electrons. The molecule has 0 fully saturated rings. The molecule has 4 heterocycles. The van der Waals surface area contributed by atoms with Gasteiger partial charge in [-0.05, 0) is 23.3 Å². The van der Waals surface area contributed by atoms with Gasteiger partial charge < -0.3 is 10.7 Å². The van der Waals surface area contributed by atoms with Crippen LogP contribution < -0.4 is 5.73 Å². The summed E-state index contributed by atoms with van der Waals surface area (Å²) in [5.74, 6) is 1.33. The van der Waals surface area contributed by atoms with Crippen LogP contribution in [0.4, 0.5) is 0 Å². The van der Waals surface area contributed by atoms with E-state index in [2.05, 4.69) is 50.5 Å². The van der Waals surface area contributed by atoms with Gasteiger partial charge in [0.2, 0.25) is 5.82 Å². The second kappa shape index (κ2) is 7.40. The molecule has 2 aromatic carbocycles. The highest BCUT2D eigenvalue weighted by Crippen LogP contribution is 2.35. The van der Waals surface area contributed by atoms with Crippen molar-refractivity contribution < 1.29 is 0 Å². The second-order valence-corrected chi connectivity index (χ2v) is 7.56. The van der Waals surface area contributed by atoms with Crippen LogP contribution in [-0.2, 0) is 6.54 Å². The minimum Gasteiger partial charge on any atom is -0.342 e. The first-order chi connectivity index (χ1) is 15.8. The van der Waals surface area contributed by atoms with Crippen molar-refractivity contribution in [2.45, 2.75) is 6.54 Å². The highest BCUT2D eigenvalue weighted by molar-refractivity contribution is 5.98. The van der Waals surface area contributed by atoms with Crippen molar-refractivity contribution in [1.82, 2.24) is 29.5 Å². The molecule has 6 rings (SSSR count). The predicted octanol–water partition coefficient (Wildman–Crippen LogP) is 4.46. The number of nitrogens with one attached hydrogen (secondary N) is 1. The highest BCUT2D eigenvalue weighted by atomic mass is 15.3. The van der Waals surface area contributed by atoms with Crippen LogP contribution >= 0.6 is 0 Å². The van der Waals surface area contributed by atoms with E-state index in [4.69, 9.17) is 10.7 Å². The lowest BCUT2D eigenvalue weighted by Crippen LogP contribution is -1.97. The van der Waals surface area contributed by atoms with Crippen molar-refractivity contribution in [2.24, 2.45) is 5.73 Å². The maximum Gasteiger partial charge on any atom is 0.204 e. The molecule has 154 valence electrons. The molecule has 0 amide bonds. The van der Waals surface area contributed by atoms with E-state index in [0.29, 0.717) is 18.2 Å². The number of aromatic amines is 1. The summed E-state index contributed by atoms with van der Waals surface area (Å²) in [6, 6.07) is 22.7. The third-order valence-electron chi connectivity index (χ3n) is 5.63. The lowest BCUT2D eigenvalue weighted by molar-refractivity contribution is 1.07. The molecular formula is C25H19N7. The maximum atomic E-state index is 5.79. The van der Waals surface area contributed by atoms with Crippen LogP contribution in [0.3, 0.4) is 0 Å². The van der Waals surface area contributed by atoms with Gasteiger partial charge in [0.05, 0.1) is 11.2 Å². The van der Waals surface area contributed by atoms with Crippen molar-refractivity contribution in [2.75, 3.05) is 0 Å². The minimum atomic E-state index is 0.514. The van der Waals surface area contributed by atoms with Crippen molar-refractivity contribution in [1.29, 1.82) is 0 Å². The minimum absolute atomic E-state index is 0.514. The standard InChI is InChI=1S/C25H19N7/c26-15-16-6-8-18(9-7-16)22-19(17-4-2-1-3-5-17)14-20-21(29-22)10-13-32-24(20)30-31-25(32)23-27-11-12-28-23/h1-14H,15,26H2,(H,27,28). The molecule has 0 aliphatic rings. The van der Waals surface area contributed by atoms with E-state index in [1.807, 2.05) is 47.0 Å². The number of nitrogens with zero attached hydrogens (tertiary/aromatic N) is 5. The van der Waals surface area contributed by atoms with Gasteiger partial charge in [-0.25, -0.2) is 9.97 Å². The summed E-state index contributed by atoms with van der Waals surface area (Å²) in [6.45, 7) is 0.514. The first-order valence-corrected chi connectivity index (χ1v) is 10.3. The topological polar surface area (TPSA) is 97.8 Å². The predicted molar refractivity (Wildman–Crippen MR) is 125 cm³/mol. The molecule has 0 spiro atoms. The number of pyridine rings is 2. The van der Waals surface area contributed by atoms with Crippen LogP contribution in [0.15, 0.2) is 85.3 Å². The summed E-state index contributed by atoms with van der Waals surface area (Å²) in [7, 11) is 0. The molecule has 0 saturated heterocycles. The van der Waals surface area contributed by atoms with Gasteiger partial charge in [-0.3, -0.25) is 4.40 Å². The van der Waals surface area contributed by atoms with Gasteiger partial charge >= 0.3 is 0 Å². The Balaban J connectivity index is 1.63. The molecule has 32 heavy (non-hydrogen) atoms. The van der Waals surface area contributed by atoms with Gasteiger partial charge in [0, 0.05) is 41.6 Å². The third kappa shape index (κ3) is 2.95. The van der Waals surface area contributed by atoms with Crippen molar-refractivity contribution in [3.8, 4) is 34.0 Å². The molecular weight excluding hydrogens is 398 g/mol. The fourth-order valence-electron chi connectivity index (χ4n) is 4.00. The van der Waals surface area contributed by atoms with Crippen LogP contribution in [0.1, 0.15) is 5.56 Å². The third-order valence-corrected chi connectivity index (χ3v) is 5.63. The van der Waals surface area contributed by atoms with E-state index in [1.54, 1.807) is 12.4 Å². The van der Waals surface area contributed by atoms with Crippen LogP contribution in [-0.4, -0.2) is 29.5 Å².